The Kier molecular flexibility index (Phi) is 4.47. The van der Waals surface area contributed by atoms with Crippen molar-refractivity contribution >= 4 is 33.3 Å². The van der Waals surface area contributed by atoms with Crippen LogP contribution in [-0.2, 0) is 0 Å². The maximum Gasteiger partial charge on any atom is 0.137 e. The lowest BCUT2D eigenvalue weighted by atomic mass is 10.0. The number of anilines is 2. The van der Waals surface area contributed by atoms with Crippen molar-refractivity contribution in [1.29, 1.82) is 0 Å². The van der Waals surface area contributed by atoms with Crippen LogP contribution in [0.2, 0.25) is 0 Å². The number of benzene rings is 5. The summed E-state index contributed by atoms with van der Waals surface area (Å²) < 4.78 is 6.16. The predicted octanol–water partition coefficient (Wildman–Crippen LogP) is 8.66. The lowest BCUT2D eigenvalue weighted by Gasteiger charge is -2.08. The highest BCUT2D eigenvalue weighted by Crippen LogP contribution is 2.34. The summed E-state index contributed by atoms with van der Waals surface area (Å²) in [4.78, 5) is 0. The Morgan fingerprint density at radius 2 is 1.00 bits per heavy atom. The highest BCUT2D eigenvalue weighted by molar-refractivity contribution is 6.07. The summed E-state index contributed by atoms with van der Waals surface area (Å²) >= 11 is 0. The molecule has 0 fully saturated rings. The van der Waals surface area contributed by atoms with E-state index < -0.39 is 0 Å². The molecule has 0 aliphatic carbocycles. The fourth-order valence-electron chi connectivity index (χ4n) is 4.21. The van der Waals surface area contributed by atoms with Crippen LogP contribution >= 0.6 is 0 Å². The lowest BCUT2D eigenvalue weighted by Crippen LogP contribution is -1.89. The van der Waals surface area contributed by atoms with Crippen LogP contribution in [0.1, 0.15) is 0 Å². The SMILES string of the molecule is c1ccc(-c2ccc(Nc3ccc4c(c3)oc3ccc(-c5ccccc5)cc34)cc2)cc1. The largest absolute Gasteiger partial charge is 0.456 e. The van der Waals surface area contributed by atoms with E-state index in [-0.39, 0.29) is 0 Å². The first kappa shape index (κ1) is 18.5. The third-order valence-electron chi connectivity index (χ3n) is 5.86. The van der Waals surface area contributed by atoms with Crippen LogP contribution < -0.4 is 5.32 Å². The van der Waals surface area contributed by atoms with Crippen LogP contribution in [0.25, 0.3) is 44.2 Å². The normalized spacial score (nSPS) is 11.1. The van der Waals surface area contributed by atoms with Gasteiger partial charge in [0, 0.05) is 28.2 Å². The molecular formula is C30H21NO. The van der Waals surface area contributed by atoms with E-state index in [4.69, 9.17) is 4.42 Å². The first-order valence-electron chi connectivity index (χ1n) is 10.8. The first-order valence-corrected chi connectivity index (χ1v) is 10.8. The molecule has 0 bridgehead atoms. The Hall–Kier alpha value is -4.30. The molecule has 0 spiro atoms. The van der Waals surface area contributed by atoms with Crippen LogP contribution in [-0.4, -0.2) is 0 Å². The topological polar surface area (TPSA) is 25.2 Å². The molecule has 0 saturated heterocycles. The summed E-state index contributed by atoms with van der Waals surface area (Å²) in [6.07, 6.45) is 0. The predicted molar refractivity (Wildman–Crippen MR) is 134 cm³/mol. The summed E-state index contributed by atoms with van der Waals surface area (Å²) in [5.74, 6) is 0. The van der Waals surface area contributed by atoms with Gasteiger partial charge in [-0.15, -0.1) is 0 Å². The zero-order chi connectivity index (χ0) is 21.3. The molecule has 2 heteroatoms. The van der Waals surface area contributed by atoms with Crippen molar-refractivity contribution in [2.75, 3.05) is 5.32 Å². The standard InChI is InChI=1S/C30H21NO/c1-3-7-21(8-4-1)23-11-14-25(15-12-23)31-26-16-17-27-28-19-24(22-9-5-2-6-10-22)13-18-29(28)32-30(27)20-26/h1-20,31H. The van der Waals surface area contributed by atoms with Crippen molar-refractivity contribution in [2.24, 2.45) is 0 Å². The molecule has 0 aliphatic heterocycles. The molecule has 1 aromatic heterocycles. The molecular weight excluding hydrogens is 390 g/mol. The molecule has 0 atom stereocenters. The van der Waals surface area contributed by atoms with E-state index in [0.717, 1.165) is 33.3 Å². The van der Waals surface area contributed by atoms with E-state index in [2.05, 4.69) is 115 Å². The Balaban J connectivity index is 1.30. The second kappa shape index (κ2) is 7.75. The zero-order valence-electron chi connectivity index (χ0n) is 17.5. The van der Waals surface area contributed by atoms with Gasteiger partial charge in [0.15, 0.2) is 0 Å². The molecule has 0 radical (unpaired) electrons. The van der Waals surface area contributed by atoms with E-state index in [1.807, 2.05) is 12.1 Å². The van der Waals surface area contributed by atoms with Crippen LogP contribution in [0.5, 0.6) is 0 Å². The molecule has 0 saturated carbocycles. The van der Waals surface area contributed by atoms with Gasteiger partial charge in [-0.2, -0.15) is 0 Å². The molecule has 0 unspecified atom stereocenters. The monoisotopic (exact) mass is 411 g/mol. The molecule has 1 N–H and O–H groups in total. The van der Waals surface area contributed by atoms with E-state index >= 15 is 0 Å². The van der Waals surface area contributed by atoms with Crippen molar-refractivity contribution in [1.82, 2.24) is 0 Å². The highest BCUT2D eigenvalue weighted by atomic mass is 16.3. The van der Waals surface area contributed by atoms with Crippen LogP contribution in [0.3, 0.4) is 0 Å². The molecule has 2 nitrogen and oxygen atoms in total. The molecule has 5 aromatic carbocycles. The van der Waals surface area contributed by atoms with Crippen LogP contribution in [0, 0.1) is 0 Å². The van der Waals surface area contributed by atoms with E-state index in [1.54, 1.807) is 0 Å². The van der Waals surface area contributed by atoms with E-state index in [9.17, 15) is 0 Å². The van der Waals surface area contributed by atoms with Crippen molar-refractivity contribution in [3.63, 3.8) is 0 Å². The highest BCUT2D eigenvalue weighted by Gasteiger charge is 2.09. The van der Waals surface area contributed by atoms with Gasteiger partial charge in [-0.1, -0.05) is 78.9 Å². The summed E-state index contributed by atoms with van der Waals surface area (Å²) in [6, 6.07) is 42.1. The fourth-order valence-corrected chi connectivity index (χ4v) is 4.21. The Bertz CT molecular complexity index is 1510. The minimum Gasteiger partial charge on any atom is -0.456 e. The Morgan fingerprint density at radius 3 is 1.72 bits per heavy atom. The van der Waals surface area contributed by atoms with E-state index in [1.165, 1.54) is 22.3 Å². The van der Waals surface area contributed by atoms with E-state index in [0.29, 0.717) is 0 Å². The molecule has 32 heavy (non-hydrogen) atoms. The van der Waals surface area contributed by atoms with Gasteiger partial charge >= 0.3 is 0 Å². The van der Waals surface area contributed by atoms with Crippen LogP contribution in [0.15, 0.2) is 126 Å². The molecule has 0 aliphatic rings. The number of hydrogen-bond acceptors (Lipinski definition) is 2. The molecule has 6 rings (SSSR count). The van der Waals surface area contributed by atoms with Crippen molar-refractivity contribution < 1.29 is 4.42 Å². The van der Waals surface area contributed by atoms with Gasteiger partial charge in [-0.05, 0) is 58.7 Å². The number of furan rings is 1. The van der Waals surface area contributed by atoms with Gasteiger partial charge in [0.05, 0.1) is 0 Å². The average molecular weight is 412 g/mol. The van der Waals surface area contributed by atoms with Crippen molar-refractivity contribution in [2.45, 2.75) is 0 Å². The van der Waals surface area contributed by atoms with Crippen molar-refractivity contribution in [3.05, 3.63) is 121 Å². The Morgan fingerprint density at radius 1 is 0.406 bits per heavy atom. The minimum atomic E-state index is 0.885. The maximum absolute atomic E-state index is 6.16. The quantitative estimate of drug-likeness (QED) is 0.314. The maximum atomic E-state index is 6.16. The number of nitrogens with one attached hydrogen (secondary N) is 1. The Labute approximate surface area is 186 Å². The van der Waals surface area contributed by atoms with Gasteiger partial charge in [-0.3, -0.25) is 0 Å². The smallest absolute Gasteiger partial charge is 0.137 e. The molecule has 152 valence electrons. The second-order valence-corrected chi connectivity index (χ2v) is 7.96. The number of rotatable bonds is 4. The van der Waals surface area contributed by atoms with Gasteiger partial charge in [0.25, 0.3) is 0 Å². The zero-order valence-corrected chi connectivity index (χ0v) is 17.5. The number of fused-ring (bicyclic) bond motifs is 3. The summed E-state index contributed by atoms with van der Waals surface area (Å²) in [5.41, 5.74) is 8.68. The van der Waals surface area contributed by atoms with Crippen molar-refractivity contribution in [3.8, 4) is 22.3 Å². The summed E-state index contributed by atoms with van der Waals surface area (Å²) in [6.45, 7) is 0. The summed E-state index contributed by atoms with van der Waals surface area (Å²) in [5, 5.41) is 5.76. The molecule has 0 amide bonds. The lowest BCUT2D eigenvalue weighted by molar-refractivity contribution is 0.669. The third kappa shape index (κ3) is 3.42. The molecule has 1 heterocycles. The second-order valence-electron chi connectivity index (χ2n) is 7.96. The van der Waals surface area contributed by atoms with Gasteiger partial charge < -0.3 is 9.73 Å². The summed E-state index contributed by atoms with van der Waals surface area (Å²) in [7, 11) is 0. The van der Waals surface area contributed by atoms with Gasteiger partial charge in [-0.25, -0.2) is 0 Å². The third-order valence-corrected chi connectivity index (χ3v) is 5.86. The first-order chi connectivity index (χ1) is 15.8. The van der Waals surface area contributed by atoms with Gasteiger partial charge in [0.2, 0.25) is 0 Å². The average Bonchev–Trinajstić information content (AvgIpc) is 3.22. The number of hydrogen-bond donors (Lipinski definition) is 1. The van der Waals surface area contributed by atoms with Crippen LogP contribution in [0.4, 0.5) is 11.4 Å². The minimum absolute atomic E-state index is 0.885. The van der Waals surface area contributed by atoms with Gasteiger partial charge in [0.1, 0.15) is 11.2 Å². The fraction of sp³-hybridized carbons (Fsp3) is 0. The molecule has 6 aromatic rings.